The highest BCUT2D eigenvalue weighted by atomic mass is 16.5. The molecule has 0 saturated heterocycles. The molecule has 0 saturated carbocycles. The van der Waals surface area contributed by atoms with E-state index in [1.54, 1.807) is 6.92 Å². The zero-order chi connectivity index (χ0) is 20.8. The summed E-state index contributed by atoms with van der Waals surface area (Å²) >= 11 is 0. The van der Waals surface area contributed by atoms with E-state index in [0.29, 0.717) is 12.5 Å². The number of fused-ring (bicyclic) bond motifs is 1. The Labute approximate surface area is 170 Å². The van der Waals surface area contributed by atoms with Gasteiger partial charge in [0.2, 0.25) is 0 Å². The van der Waals surface area contributed by atoms with Crippen molar-refractivity contribution >= 4 is 16.9 Å². The van der Waals surface area contributed by atoms with Crippen LogP contribution in [0.15, 0.2) is 47.0 Å². The predicted octanol–water partition coefficient (Wildman–Crippen LogP) is 5.19. The summed E-state index contributed by atoms with van der Waals surface area (Å²) in [4.78, 5) is 11.0. The highest BCUT2D eigenvalue weighted by Gasteiger charge is 2.13. The zero-order valence-corrected chi connectivity index (χ0v) is 16.9. The van der Waals surface area contributed by atoms with Crippen molar-refractivity contribution < 1.29 is 19.2 Å². The van der Waals surface area contributed by atoms with Crippen LogP contribution in [-0.2, 0) is 17.8 Å². The number of carboxylic acids is 1. The first kappa shape index (κ1) is 20.5. The number of rotatable bonds is 8. The van der Waals surface area contributed by atoms with Crippen molar-refractivity contribution in [3.05, 3.63) is 59.3 Å². The molecule has 0 aliphatic carbocycles. The molecule has 0 bridgehead atoms. The summed E-state index contributed by atoms with van der Waals surface area (Å²) in [5, 5.41) is 14.3. The molecule has 3 aromatic rings. The van der Waals surface area contributed by atoms with Crippen LogP contribution in [0, 0.1) is 17.8 Å². The molecule has 1 N–H and O–H groups in total. The van der Waals surface area contributed by atoms with Crippen molar-refractivity contribution in [1.29, 1.82) is 0 Å². The molecule has 150 valence electrons. The van der Waals surface area contributed by atoms with Crippen molar-refractivity contribution in [1.82, 2.24) is 5.16 Å². The van der Waals surface area contributed by atoms with Gasteiger partial charge in [0.1, 0.15) is 12.4 Å². The molecule has 1 heterocycles. The third-order valence-electron chi connectivity index (χ3n) is 4.60. The van der Waals surface area contributed by atoms with Gasteiger partial charge in [-0.25, -0.2) is 0 Å². The molecule has 5 heteroatoms. The van der Waals surface area contributed by atoms with Crippen molar-refractivity contribution in [3.63, 3.8) is 0 Å². The summed E-state index contributed by atoms with van der Waals surface area (Å²) in [6.45, 7) is 6.45. The molecule has 0 spiro atoms. The zero-order valence-electron chi connectivity index (χ0n) is 16.9. The van der Waals surface area contributed by atoms with Gasteiger partial charge in [0.15, 0.2) is 5.58 Å². The third-order valence-corrected chi connectivity index (χ3v) is 4.60. The van der Waals surface area contributed by atoms with Gasteiger partial charge in [-0.2, -0.15) is 0 Å². The lowest BCUT2D eigenvalue weighted by Crippen LogP contribution is -2.04. The smallest absolute Gasteiger partial charge is 0.304 e. The summed E-state index contributed by atoms with van der Waals surface area (Å²) in [6.07, 6.45) is 0.857. The van der Waals surface area contributed by atoms with Crippen molar-refractivity contribution in [2.24, 2.45) is 5.92 Å². The normalized spacial score (nSPS) is 11.9. The van der Waals surface area contributed by atoms with Gasteiger partial charge >= 0.3 is 5.97 Å². The van der Waals surface area contributed by atoms with E-state index in [1.165, 1.54) is 0 Å². The van der Waals surface area contributed by atoms with Crippen LogP contribution in [0.3, 0.4) is 0 Å². The minimum Gasteiger partial charge on any atom is -0.489 e. The number of aliphatic carboxylic acids is 1. The molecule has 2 aromatic carbocycles. The Hall–Kier alpha value is -3.26. The summed E-state index contributed by atoms with van der Waals surface area (Å²) in [7, 11) is 0. The second-order valence-corrected chi connectivity index (χ2v) is 7.46. The minimum atomic E-state index is -0.862. The number of hydrogen-bond donors (Lipinski definition) is 1. The lowest BCUT2D eigenvalue weighted by atomic mass is 9.96. The minimum absolute atomic E-state index is 0.0154. The number of ether oxygens (including phenoxy) is 1. The summed E-state index contributed by atoms with van der Waals surface area (Å²) < 4.78 is 11.3. The molecule has 0 aliphatic rings. The predicted molar refractivity (Wildman–Crippen MR) is 112 cm³/mol. The molecular weight excluding hydrogens is 366 g/mol. The maximum atomic E-state index is 11.0. The lowest BCUT2D eigenvalue weighted by Gasteiger charge is -2.11. The first-order valence-corrected chi connectivity index (χ1v) is 9.70. The number of carboxylic acid groups (broad SMARTS) is 1. The van der Waals surface area contributed by atoms with Gasteiger partial charge in [0.05, 0.1) is 18.0 Å². The van der Waals surface area contributed by atoms with Gasteiger partial charge in [0, 0.05) is 5.39 Å². The first-order chi connectivity index (χ1) is 14.0. The van der Waals surface area contributed by atoms with E-state index in [4.69, 9.17) is 14.4 Å². The molecule has 1 aromatic heterocycles. The van der Waals surface area contributed by atoms with Crippen LogP contribution in [0.4, 0.5) is 0 Å². The van der Waals surface area contributed by atoms with Crippen LogP contribution in [-0.4, -0.2) is 16.2 Å². The maximum absolute atomic E-state index is 11.0. The van der Waals surface area contributed by atoms with Crippen LogP contribution in [0.2, 0.25) is 0 Å². The molecule has 5 nitrogen and oxygen atoms in total. The van der Waals surface area contributed by atoms with Crippen molar-refractivity contribution in [3.8, 4) is 17.6 Å². The quantitative estimate of drug-likeness (QED) is 0.535. The average Bonchev–Trinajstić information content (AvgIpc) is 3.08. The molecule has 3 rings (SSSR count). The monoisotopic (exact) mass is 391 g/mol. The Morgan fingerprint density at radius 2 is 1.97 bits per heavy atom. The first-order valence-electron chi connectivity index (χ1n) is 9.70. The highest BCUT2D eigenvalue weighted by molar-refractivity contribution is 5.80. The van der Waals surface area contributed by atoms with E-state index in [-0.39, 0.29) is 12.3 Å². The molecule has 1 atom stereocenters. The fraction of sp³-hybridized carbons (Fsp3) is 0.333. The van der Waals surface area contributed by atoms with Gasteiger partial charge in [-0.1, -0.05) is 43.1 Å². The number of nitrogens with zero attached hydrogens (tertiary/aromatic N) is 1. The summed E-state index contributed by atoms with van der Waals surface area (Å²) in [6, 6.07) is 13.4. The van der Waals surface area contributed by atoms with E-state index < -0.39 is 5.97 Å². The molecular formula is C24H25NO4. The van der Waals surface area contributed by atoms with Gasteiger partial charge in [-0.3, -0.25) is 4.79 Å². The Balaban J connectivity index is 1.69. The molecule has 29 heavy (non-hydrogen) atoms. The SMILES string of the molecule is CC#CC(CC(=O)O)c1ccc(OCc2ccc3onc(CC(C)C)c3c2)cc1. The van der Waals surface area contributed by atoms with Crippen LogP contribution >= 0.6 is 0 Å². The Kier molecular flexibility index (Phi) is 6.56. The summed E-state index contributed by atoms with van der Waals surface area (Å²) in [5.41, 5.74) is 3.67. The number of aromatic nitrogens is 1. The molecule has 0 fully saturated rings. The number of carbonyl (C=O) groups is 1. The van der Waals surface area contributed by atoms with Crippen LogP contribution in [0.5, 0.6) is 5.75 Å². The molecule has 1 unspecified atom stereocenters. The van der Waals surface area contributed by atoms with E-state index in [2.05, 4.69) is 36.9 Å². The third kappa shape index (κ3) is 5.39. The Morgan fingerprint density at radius 3 is 2.62 bits per heavy atom. The molecule has 0 aliphatic heterocycles. The highest BCUT2D eigenvalue weighted by Crippen LogP contribution is 2.25. The van der Waals surface area contributed by atoms with Crippen LogP contribution in [0.25, 0.3) is 11.0 Å². The van der Waals surface area contributed by atoms with E-state index in [9.17, 15) is 4.79 Å². The van der Waals surface area contributed by atoms with E-state index >= 15 is 0 Å². The second kappa shape index (κ2) is 9.29. The van der Waals surface area contributed by atoms with Gasteiger partial charge in [-0.15, -0.1) is 5.92 Å². The summed E-state index contributed by atoms with van der Waals surface area (Å²) in [5.74, 6) is 5.80. The van der Waals surface area contributed by atoms with Crippen molar-refractivity contribution in [2.75, 3.05) is 0 Å². The fourth-order valence-electron chi connectivity index (χ4n) is 3.22. The Morgan fingerprint density at radius 1 is 1.21 bits per heavy atom. The van der Waals surface area contributed by atoms with Gasteiger partial charge in [-0.05, 0) is 54.7 Å². The van der Waals surface area contributed by atoms with Gasteiger partial charge in [0.25, 0.3) is 0 Å². The van der Waals surface area contributed by atoms with Crippen LogP contribution in [0.1, 0.15) is 49.9 Å². The second-order valence-electron chi connectivity index (χ2n) is 7.46. The fourth-order valence-corrected chi connectivity index (χ4v) is 3.22. The Bertz CT molecular complexity index is 1040. The lowest BCUT2D eigenvalue weighted by molar-refractivity contribution is -0.137. The molecule has 0 radical (unpaired) electrons. The van der Waals surface area contributed by atoms with Crippen LogP contribution < -0.4 is 4.74 Å². The van der Waals surface area contributed by atoms with Crippen molar-refractivity contribution in [2.45, 2.75) is 46.1 Å². The molecule has 0 amide bonds. The number of hydrogen-bond acceptors (Lipinski definition) is 4. The average molecular weight is 391 g/mol. The van der Waals surface area contributed by atoms with E-state index in [1.807, 2.05) is 36.4 Å². The topological polar surface area (TPSA) is 72.6 Å². The van der Waals surface area contributed by atoms with Gasteiger partial charge < -0.3 is 14.4 Å². The van der Waals surface area contributed by atoms with E-state index in [0.717, 1.165) is 40.0 Å². The maximum Gasteiger partial charge on any atom is 0.304 e. The largest absolute Gasteiger partial charge is 0.489 e. The standard InChI is InChI=1S/C24H25NO4/c1-4-5-19(14-24(26)27)18-7-9-20(10-8-18)28-15-17-6-11-23-21(13-17)22(25-29-23)12-16(2)3/h6-11,13,16,19H,12,14-15H2,1-3H3,(H,26,27). The number of benzene rings is 2.